The van der Waals surface area contributed by atoms with E-state index in [1.807, 2.05) is 7.05 Å². The standard InChI is InChI=1S/C16H21F3N2O2S/c1-20-9-3-2-7-15-14(20)8-10-21(15)24(22,23)13-6-4-5-12(11-13)16(17,18)19/h4-6,11,14-15H,2-3,7-10H2,1H3/t14-,15-/m1/s1. The van der Waals surface area contributed by atoms with Crippen LogP contribution in [0.25, 0.3) is 0 Å². The summed E-state index contributed by atoms with van der Waals surface area (Å²) < 4.78 is 65.9. The van der Waals surface area contributed by atoms with Gasteiger partial charge in [0.15, 0.2) is 0 Å². The Balaban J connectivity index is 1.94. The predicted molar refractivity (Wildman–Crippen MR) is 84.0 cm³/mol. The fourth-order valence-corrected chi connectivity index (χ4v) is 5.55. The molecule has 0 aromatic heterocycles. The first kappa shape index (κ1) is 17.7. The molecular formula is C16H21F3N2O2S. The highest BCUT2D eigenvalue weighted by molar-refractivity contribution is 7.89. The van der Waals surface area contributed by atoms with Crippen molar-refractivity contribution < 1.29 is 21.6 Å². The van der Waals surface area contributed by atoms with Crippen molar-refractivity contribution in [2.75, 3.05) is 20.1 Å². The van der Waals surface area contributed by atoms with Crippen molar-refractivity contribution in [3.63, 3.8) is 0 Å². The van der Waals surface area contributed by atoms with E-state index >= 15 is 0 Å². The third-order valence-corrected chi connectivity index (χ3v) is 6.97. The van der Waals surface area contributed by atoms with Crippen molar-refractivity contribution in [1.29, 1.82) is 0 Å². The molecule has 2 aliphatic rings. The summed E-state index contributed by atoms with van der Waals surface area (Å²) >= 11 is 0. The van der Waals surface area contributed by atoms with E-state index in [1.165, 1.54) is 10.4 Å². The number of nitrogens with zero attached hydrogens (tertiary/aromatic N) is 2. The van der Waals surface area contributed by atoms with E-state index in [0.717, 1.165) is 50.4 Å². The van der Waals surface area contributed by atoms with E-state index in [-0.39, 0.29) is 17.0 Å². The number of likely N-dealkylation sites (N-methyl/N-ethyl adjacent to an activating group) is 1. The third kappa shape index (κ3) is 3.19. The van der Waals surface area contributed by atoms with Crippen LogP contribution >= 0.6 is 0 Å². The number of rotatable bonds is 2. The molecule has 24 heavy (non-hydrogen) atoms. The number of alkyl halides is 3. The van der Waals surface area contributed by atoms with Gasteiger partial charge < -0.3 is 4.90 Å². The van der Waals surface area contributed by atoms with Gasteiger partial charge in [-0.1, -0.05) is 12.5 Å². The zero-order valence-electron chi connectivity index (χ0n) is 13.5. The van der Waals surface area contributed by atoms with Gasteiger partial charge in [-0.05, 0) is 51.1 Å². The maximum atomic E-state index is 12.9. The second kappa shape index (κ2) is 6.31. The monoisotopic (exact) mass is 362 g/mol. The molecule has 0 amide bonds. The highest BCUT2D eigenvalue weighted by Gasteiger charge is 2.44. The minimum atomic E-state index is -4.55. The minimum Gasteiger partial charge on any atom is -0.302 e. The number of halogens is 3. The first-order valence-corrected chi connectivity index (χ1v) is 9.54. The molecular weight excluding hydrogens is 341 g/mol. The molecule has 0 unspecified atom stereocenters. The van der Waals surface area contributed by atoms with Crippen LogP contribution in [0.2, 0.25) is 0 Å². The summed E-state index contributed by atoms with van der Waals surface area (Å²) in [5.74, 6) is 0. The van der Waals surface area contributed by atoms with Gasteiger partial charge in [0.05, 0.1) is 10.5 Å². The van der Waals surface area contributed by atoms with E-state index in [9.17, 15) is 21.6 Å². The molecule has 0 saturated carbocycles. The predicted octanol–water partition coefficient (Wildman–Crippen LogP) is 2.95. The van der Waals surface area contributed by atoms with Crippen LogP contribution in [-0.2, 0) is 16.2 Å². The Labute approximate surface area is 140 Å². The highest BCUT2D eigenvalue weighted by Crippen LogP contribution is 2.35. The Morgan fingerprint density at radius 3 is 2.54 bits per heavy atom. The van der Waals surface area contributed by atoms with Crippen molar-refractivity contribution in [3.05, 3.63) is 29.8 Å². The number of hydrogen-bond acceptors (Lipinski definition) is 3. The van der Waals surface area contributed by atoms with Gasteiger partial charge in [-0.3, -0.25) is 0 Å². The maximum absolute atomic E-state index is 12.9. The van der Waals surface area contributed by atoms with Crippen LogP contribution in [0.4, 0.5) is 13.2 Å². The average molecular weight is 362 g/mol. The summed E-state index contributed by atoms with van der Waals surface area (Å²) in [6, 6.07) is 4.03. The Morgan fingerprint density at radius 1 is 1.08 bits per heavy atom. The van der Waals surface area contributed by atoms with E-state index in [1.54, 1.807) is 0 Å². The molecule has 0 radical (unpaired) electrons. The van der Waals surface area contributed by atoms with Crippen LogP contribution in [0.3, 0.4) is 0 Å². The van der Waals surface area contributed by atoms with Crippen LogP contribution in [-0.4, -0.2) is 49.8 Å². The van der Waals surface area contributed by atoms with Crippen molar-refractivity contribution >= 4 is 10.0 Å². The third-order valence-electron chi connectivity index (χ3n) is 5.05. The lowest BCUT2D eigenvalue weighted by Gasteiger charge is -2.30. The van der Waals surface area contributed by atoms with Gasteiger partial charge in [-0.15, -0.1) is 0 Å². The molecule has 0 bridgehead atoms. The molecule has 2 atom stereocenters. The molecule has 3 rings (SSSR count). The van der Waals surface area contributed by atoms with E-state index in [2.05, 4.69) is 4.90 Å². The first-order chi connectivity index (χ1) is 11.2. The number of sulfonamides is 1. The zero-order valence-corrected chi connectivity index (χ0v) is 14.3. The largest absolute Gasteiger partial charge is 0.416 e. The minimum absolute atomic E-state index is 0.146. The Hall–Kier alpha value is -1.12. The van der Waals surface area contributed by atoms with Crippen molar-refractivity contribution in [3.8, 4) is 0 Å². The second-order valence-corrected chi connectivity index (χ2v) is 8.43. The van der Waals surface area contributed by atoms with Gasteiger partial charge in [-0.25, -0.2) is 8.42 Å². The van der Waals surface area contributed by atoms with Crippen LogP contribution in [0.5, 0.6) is 0 Å². The second-order valence-electron chi connectivity index (χ2n) is 6.54. The van der Waals surface area contributed by atoms with E-state index < -0.39 is 21.8 Å². The quantitative estimate of drug-likeness (QED) is 0.812. The maximum Gasteiger partial charge on any atom is 0.416 e. The van der Waals surface area contributed by atoms with Gasteiger partial charge in [-0.2, -0.15) is 17.5 Å². The van der Waals surface area contributed by atoms with Crippen LogP contribution < -0.4 is 0 Å². The molecule has 4 nitrogen and oxygen atoms in total. The molecule has 8 heteroatoms. The van der Waals surface area contributed by atoms with Crippen LogP contribution in [0, 0.1) is 0 Å². The molecule has 2 saturated heterocycles. The summed E-state index contributed by atoms with van der Waals surface area (Å²) in [5, 5.41) is 0. The Bertz CT molecular complexity index is 706. The summed E-state index contributed by atoms with van der Waals surface area (Å²) in [6.45, 7) is 1.29. The van der Waals surface area contributed by atoms with Gasteiger partial charge in [0, 0.05) is 18.6 Å². The molecule has 1 aromatic carbocycles. The van der Waals surface area contributed by atoms with Crippen molar-refractivity contribution in [2.24, 2.45) is 0 Å². The zero-order chi connectivity index (χ0) is 17.5. The Morgan fingerprint density at radius 2 is 1.83 bits per heavy atom. The van der Waals surface area contributed by atoms with Gasteiger partial charge >= 0.3 is 6.18 Å². The molecule has 2 aliphatic heterocycles. The number of likely N-dealkylation sites (tertiary alicyclic amines) is 1. The number of benzene rings is 1. The Kier molecular flexibility index (Phi) is 4.65. The molecule has 134 valence electrons. The molecule has 2 fully saturated rings. The van der Waals surface area contributed by atoms with Crippen LogP contribution in [0.1, 0.15) is 31.2 Å². The summed E-state index contributed by atoms with van der Waals surface area (Å²) in [6.07, 6.45) is -1.13. The molecule has 2 heterocycles. The normalized spacial score (nSPS) is 27.0. The first-order valence-electron chi connectivity index (χ1n) is 8.10. The molecule has 0 N–H and O–H groups in total. The summed E-state index contributed by atoms with van der Waals surface area (Å²) in [5.41, 5.74) is -0.933. The van der Waals surface area contributed by atoms with Gasteiger partial charge in [0.1, 0.15) is 0 Å². The number of fused-ring (bicyclic) bond motifs is 1. The SMILES string of the molecule is CN1CCCC[C@@H]2[C@H]1CCN2S(=O)(=O)c1cccc(C(F)(F)F)c1. The van der Waals surface area contributed by atoms with E-state index in [0.29, 0.717) is 6.54 Å². The fraction of sp³-hybridized carbons (Fsp3) is 0.625. The average Bonchev–Trinajstić information content (AvgIpc) is 2.87. The summed E-state index contributed by atoms with van der Waals surface area (Å²) in [7, 11) is -1.94. The lowest BCUT2D eigenvalue weighted by molar-refractivity contribution is -0.137. The topological polar surface area (TPSA) is 40.6 Å². The molecule has 1 aromatic rings. The van der Waals surface area contributed by atoms with Crippen molar-refractivity contribution in [1.82, 2.24) is 9.21 Å². The summed E-state index contributed by atoms with van der Waals surface area (Å²) in [4.78, 5) is 1.91. The van der Waals surface area contributed by atoms with Gasteiger partial charge in [0.25, 0.3) is 0 Å². The smallest absolute Gasteiger partial charge is 0.302 e. The highest BCUT2D eigenvalue weighted by atomic mass is 32.2. The lowest BCUT2D eigenvalue weighted by Crippen LogP contribution is -2.44. The number of hydrogen-bond donors (Lipinski definition) is 0. The molecule has 0 aliphatic carbocycles. The van der Waals surface area contributed by atoms with Gasteiger partial charge in [0.2, 0.25) is 10.0 Å². The lowest BCUT2D eigenvalue weighted by atomic mass is 10.1. The van der Waals surface area contributed by atoms with E-state index in [4.69, 9.17) is 0 Å². The molecule has 0 spiro atoms. The fourth-order valence-electron chi connectivity index (χ4n) is 3.81. The van der Waals surface area contributed by atoms with Crippen LogP contribution in [0.15, 0.2) is 29.2 Å². The van der Waals surface area contributed by atoms with Crippen molar-refractivity contribution in [2.45, 2.75) is 48.8 Å².